The number of halogens is 1. The SMILES string of the molecule is CC1(CN)CCN(CC2CCCOC2)C1.Cl. The first-order valence-electron chi connectivity index (χ1n) is 6.22. The molecule has 0 aromatic heterocycles. The van der Waals surface area contributed by atoms with Gasteiger partial charge in [0.2, 0.25) is 0 Å². The minimum Gasteiger partial charge on any atom is -0.381 e. The molecule has 16 heavy (non-hydrogen) atoms. The molecule has 0 aromatic rings. The van der Waals surface area contributed by atoms with Crippen molar-refractivity contribution in [2.24, 2.45) is 17.1 Å². The Balaban J connectivity index is 0.00000128. The fourth-order valence-electron chi connectivity index (χ4n) is 2.76. The van der Waals surface area contributed by atoms with Gasteiger partial charge in [0.25, 0.3) is 0 Å². The van der Waals surface area contributed by atoms with E-state index in [2.05, 4.69) is 11.8 Å². The maximum atomic E-state index is 5.81. The maximum absolute atomic E-state index is 5.81. The molecule has 2 N–H and O–H groups in total. The first-order valence-corrected chi connectivity index (χ1v) is 6.22. The molecule has 2 saturated heterocycles. The topological polar surface area (TPSA) is 38.5 Å². The lowest BCUT2D eigenvalue weighted by Crippen LogP contribution is -2.35. The zero-order chi connectivity index (χ0) is 10.7. The van der Waals surface area contributed by atoms with Crippen LogP contribution in [0.25, 0.3) is 0 Å². The average Bonchev–Trinajstić information content (AvgIpc) is 2.63. The summed E-state index contributed by atoms with van der Waals surface area (Å²) in [5.74, 6) is 0.763. The number of nitrogens with two attached hydrogens (primary N) is 1. The van der Waals surface area contributed by atoms with Gasteiger partial charge >= 0.3 is 0 Å². The predicted octanol–water partition coefficient (Wildman–Crippen LogP) is 1.51. The third-order valence-corrected chi connectivity index (χ3v) is 3.90. The molecular weight excluding hydrogens is 224 g/mol. The minimum atomic E-state index is 0. The van der Waals surface area contributed by atoms with Crippen LogP contribution in [0.1, 0.15) is 26.2 Å². The lowest BCUT2D eigenvalue weighted by molar-refractivity contribution is 0.0405. The summed E-state index contributed by atoms with van der Waals surface area (Å²) >= 11 is 0. The molecule has 2 heterocycles. The van der Waals surface area contributed by atoms with Crippen molar-refractivity contribution in [3.63, 3.8) is 0 Å². The van der Waals surface area contributed by atoms with Gasteiger partial charge < -0.3 is 15.4 Å². The molecule has 96 valence electrons. The molecule has 2 rings (SSSR count). The summed E-state index contributed by atoms with van der Waals surface area (Å²) in [4.78, 5) is 2.58. The Labute approximate surface area is 105 Å². The highest BCUT2D eigenvalue weighted by Crippen LogP contribution is 2.29. The molecule has 0 aromatic carbocycles. The van der Waals surface area contributed by atoms with E-state index in [1.807, 2.05) is 0 Å². The molecule has 0 spiro atoms. The fourth-order valence-corrected chi connectivity index (χ4v) is 2.76. The number of nitrogens with zero attached hydrogens (tertiary/aromatic N) is 1. The van der Waals surface area contributed by atoms with Crippen LogP contribution in [0.3, 0.4) is 0 Å². The van der Waals surface area contributed by atoms with Gasteiger partial charge in [0.05, 0.1) is 6.61 Å². The second kappa shape index (κ2) is 6.20. The molecule has 2 aliphatic heterocycles. The number of likely N-dealkylation sites (tertiary alicyclic amines) is 1. The standard InChI is InChI=1S/C12H24N2O.ClH/c1-12(9-13)4-5-14(10-12)7-11-3-2-6-15-8-11;/h11H,2-10,13H2,1H3;1H. The zero-order valence-corrected chi connectivity index (χ0v) is 11.1. The van der Waals surface area contributed by atoms with Gasteiger partial charge in [-0.05, 0) is 43.7 Å². The van der Waals surface area contributed by atoms with Crippen LogP contribution < -0.4 is 5.73 Å². The van der Waals surface area contributed by atoms with Crippen molar-refractivity contribution in [3.05, 3.63) is 0 Å². The Morgan fingerprint density at radius 2 is 2.31 bits per heavy atom. The van der Waals surface area contributed by atoms with Gasteiger partial charge in [-0.15, -0.1) is 12.4 Å². The van der Waals surface area contributed by atoms with Gasteiger partial charge in [-0.1, -0.05) is 6.92 Å². The van der Waals surface area contributed by atoms with Crippen LogP contribution in [-0.4, -0.2) is 44.3 Å². The second-order valence-corrected chi connectivity index (χ2v) is 5.58. The van der Waals surface area contributed by atoms with Crippen LogP contribution in [-0.2, 0) is 4.74 Å². The van der Waals surface area contributed by atoms with Crippen molar-refractivity contribution < 1.29 is 4.74 Å². The zero-order valence-electron chi connectivity index (χ0n) is 10.3. The van der Waals surface area contributed by atoms with Crippen LogP contribution in [0.2, 0.25) is 0 Å². The Bertz CT molecular complexity index is 209. The Morgan fingerprint density at radius 1 is 1.50 bits per heavy atom. The van der Waals surface area contributed by atoms with E-state index in [-0.39, 0.29) is 12.4 Å². The number of hydrogen-bond acceptors (Lipinski definition) is 3. The lowest BCUT2D eigenvalue weighted by Gasteiger charge is -2.28. The van der Waals surface area contributed by atoms with Crippen molar-refractivity contribution in [2.45, 2.75) is 26.2 Å². The molecule has 0 saturated carbocycles. The molecule has 2 fully saturated rings. The Hall–Kier alpha value is 0.170. The highest BCUT2D eigenvalue weighted by Gasteiger charge is 2.33. The highest BCUT2D eigenvalue weighted by atomic mass is 35.5. The minimum absolute atomic E-state index is 0. The monoisotopic (exact) mass is 248 g/mol. The van der Waals surface area contributed by atoms with Crippen LogP contribution in [0.5, 0.6) is 0 Å². The summed E-state index contributed by atoms with van der Waals surface area (Å²) in [5, 5.41) is 0. The summed E-state index contributed by atoms with van der Waals surface area (Å²) in [6.07, 6.45) is 3.85. The average molecular weight is 249 g/mol. The molecule has 0 aliphatic carbocycles. The van der Waals surface area contributed by atoms with E-state index in [9.17, 15) is 0 Å². The normalized spacial score (nSPS) is 36.0. The summed E-state index contributed by atoms with van der Waals surface area (Å²) in [5.41, 5.74) is 6.18. The van der Waals surface area contributed by atoms with Crippen LogP contribution in [0.15, 0.2) is 0 Å². The molecule has 0 radical (unpaired) electrons. The molecule has 3 nitrogen and oxygen atoms in total. The van der Waals surface area contributed by atoms with Crippen molar-refractivity contribution >= 4 is 12.4 Å². The van der Waals surface area contributed by atoms with Gasteiger partial charge in [0.15, 0.2) is 0 Å². The Morgan fingerprint density at radius 3 is 2.88 bits per heavy atom. The molecule has 2 atom stereocenters. The van der Waals surface area contributed by atoms with Gasteiger partial charge in [-0.2, -0.15) is 0 Å². The van der Waals surface area contributed by atoms with Gasteiger partial charge in [0.1, 0.15) is 0 Å². The maximum Gasteiger partial charge on any atom is 0.0506 e. The molecular formula is C12H25ClN2O. The van der Waals surface area contributed by atoms with E-state index in [0.717, 1.165) is 25.7 Å². The highest BCUT2D eigenvalue weighted by molar-refractivity contribution is 5.85. The van der Waals surface area contributed by atoms with Crippen molar-refractivity contribution in [1.82, 2.24) is 4.90 Å². The molecule has 2 aliphatic rings. The van der Waals surface area contributed by atoms with E-state index in [4.69, 9.17) is 10.5 Å². The van der Waals surface area contributed by atoms with Crippen LogP contribution >= 0.6 is 12.4 Å². The van der Waals surface area contributed by atoms with Gasteiger partial charge in [0, 0.05) is 19.7 Å². The number of hydrogen-bond donors (Lipinski definition) is 1. The fraction of sp³-hybridized carbons (Fsp3) is 1.00. The molecule has 0 bridgehead atoms. The van der Waals surface area contributed by atoms with Crippen LogP contribution in [0.4, 0.5) is 0 Å². The van der Waals surface area contributed by atoms with E-state index < -0.39 is 0 Å². The molecule has 0 amide bonds. The van der Waals surface area contributed by atoms with E-state index in [1.165, 1.54) is 38.9 Å². The largest absolute Gasteiger partial charge is 0.381 e. The first kappa shape index (κ1) is 14.2. The second-order valence-electron chi connectivity index (χ2n) is 5.58. The summed E-state index contributed by atoms with van der Waals surface area (Å²) in [6.45, 7) is 8.70. The van der Waals surface area contributed by atoms with Crippen molar-refractivity contribution in [1.29, 1.82) is 0 Å². The quantitative estimate of drug-likeness (QED) is 0.823. The number of rotatable bonds is 3. The smallest absolute Gasteiger partial charge is 0.0506 e. The number of ether oxygens (including phenoxy) is 1. The summed E-state index contributed by atoms with van der Waals surface area (Å²) in [6, 6.07) is 0. The van der Waals surface area contributed by atoms with Crippen molar-refractivity contribution in [2.75, 3.05) is 39.4 Å². The first-order chi connectivity index (χ1) is 7.22. The van der Waals surface area contributed by atoms with E-state index in [1.54, 1.807) is 0 Å². The van der Waals surface area contributed by atoms with Gasteiger partial charge in [-0.3, -0.25) is 0 Å². The van der Waals surface area contributed by atoms with E-state index in [0.29, 0.717) is 5.41 Å². The van der Waals surface area contributed by atoms with Crippen LogP contribution in [0, 0.1) is 11.3 Å². The third-order valence-electron chi connectivity index (χ3n) is 3.90. The summed E-state index contributed by atoms with van der Waals surface area (Å²) in [7, 11) is 0. The van der Waals surface area contributed by atoms with E-state index >= 15 is 0 Å². The Kier molecular flexibility index (Phi) is 5.51. The lowest BCUT2D eigenvalue weighted by atomic mass is 9.90. The van der Waals surface area contributed by atoms with Gasteiger partial charge in [-0.25, -0.2) is 0 Å². The third kappa shape index (κ3) is 3.59. The molecule has 2 unspecified atom stereocenters. The van der Waals surface area contributed by atoms with Crippen molar-refractivity contribution in [3.8, 4) is 0 Å². The molecule has 4 heteroatoms. The predicted molar refractivity (Wildman–Crippen MR) is 69.0 cm³/mol. The summed E-state index contributed by atoms with van der Waals surface area (Å²) < 4.78 is 5.52.